The largest absolute Gasteiger partial charge is 0.393 e. The Morgan fingerprint density at radius 2 is 2.22 bits per heavy atom. The van der Waals surface area contributed by atoms with Gasteiger partial charge < -0.3 is 10.4 Å². The Morgan fingerprint density at radius 1 is 1.44 bits per heavy atom. The van der Waals surface area contributed by atoms with Crippen molar-refractivity contribution in [1.82, 2.24) is 9.97 Å². The molecule has 0 bridgehead atoms. The van der Waals surface area contributed by atoms with Crippen LogP contribution in [0.25, 0.3) is 0 Å². The fourth-order valence-corrected chi connectivity index (χ4v) is 2.67. The summed E-state index contributed by atoms with van der Waals surface area (Å²) in [7, 11) is 0. The van der Waals surface area contributed by atoms with E-state index in [9.17, 15) is 5.11 Å². The molecule has 1 fully saturated rings. The molecule has 2 unspecified atom stereocenters. The number of aromatic nitrogens is 2. The molecule has 2 N–H and O–H groups in total. The van der Waals surface area contributed by atoms with Crippen LogP contribution in [-0.4, -0.2) is 27.7 Å². The molecule has 1 aliphatic carbocycles. The number of hydrogen-bond acceptors (Lipinski definition) is 4. The normalized spacial score (nSPS) is 23.6. The maximum absolute atomic E-state index is 9.50. The van der Waals surface area contributed by atoms with Gasteiger partial charge in [0.25, 0.3) is 0 Å². The molecule has 1 aliphatic rings. The number of aliphatic hydroxyl groups is 1. The maximum atomic E-state index is 9.50. The van der Waals surface area contributed by atoms with Crippen LogP contribution in [0.2, 0.25) is 0 Å². The fourth-order valence-electron chi connectivity index (χ4n) is 2.27. The van der Waals surface area contributed by atoms with Gasteiger partial charge in [-0.15, -0.1) is 0 Å². The molecular formula is C13H20BrN3O. The van der Waals surface area contributed by atoms with Gasteiger partial charge in [0, 0.05) is 18.5 Å². The van der Waals surface area contributed by atoms with Crippen molar-refractivity contribution in [2.45, 2.75) is 45.1 Å². The number of rotatable bonds is 4. The number of halogens is 1. The number of aliphatic hydroxyl groups excluding tert-OH is 1. The van der Waals surface area contributed by atoms with E-state index in [1.165, 1.54) is 0 Å². The standard InChI is InChI=1S/C13H20BrN3O/c1-8(2)13-16-11(14)6-12(17-13)15-7-9-3-4-10(18)5-9/h6,8-10,18H,3-5,7H2,1-2H3,(H,15,16,17). The van der Waals surface area contributed by atoms with Crippen molar-refractivity contribution >= 4 is 21.7 Å². The van der Waals surface area contributed by atoms with Crippen molar-refractivity contribution in [2.24, 2.45) is 5.92 Å². The van der Waals surface area contributed by atoms with Gasteiger partial charge in [0.15, 0.2) is 0 Å². The van der Waals surface area contributed by atoms with Gasteiger partial charge in [0.2, 0.25) is 0 Å². The van der Waals surface area contributed by atoms with Crippen LogP contribution in [0.15, 0.2) is 10.7 Å². The lowest BCUT2D eigenvalue weighted by Crippen LogP contribution is -2.14. The molecule has 1 heterocycles. The minimum absolute atomic E-state index is 0.111. The lowest BCUT2D eigenvalue weighted by Gasteiger charge is -2.13. The zero-order chi connectivity index (χ0) is 13.1. The van der Waals surface area contributed by atoms with E-state index in [0.29, 0.717) is 11.8 Å². The van der Waals surface area contributed by atoms with Crippen LogP contribution in [0, 0.1) is 5.92 Å². The van der Waals surface area contributed by atoms with E-state index in [-0.39, 0.29) is 6.10 Å². The molecule has 0 radical (unpaired) electrons. The van der Waals surface area contributed by atoms with Crippen molar-refractivity contribution in [1.29, 1.82) is 0 Å². The van der Waals surface area contributed by atoms with E-state index in [1.807, 2.05) is 6.07 Å². The molecule has 100 valence electrons. The molecule has 1 saturated carbocycles. The van der Waals surface area contributed by atoms with Crippen molar-refractivity contribution in [3.8, 4) is 0 Å². The molecule has 0 aromatic carbocycles. The summed E-state index contributed by atoms with van der Waals surface area (Å²) in [6, 6.07) is 1.90. The Hall–Kier alpha value is -0.680. The second-order valence-corrected chi connectivity index (χ2v) is 6.12. The Kier molecular flexibility index (Phi) is 4.56. The zero-order valence-electron chi connectivity index (χ0n) is 10.9. The topological polar surface area (TPSA) is 58.0 Å². The predicted molar refractivity (Wildman–Crippen MR) is 75.7 cm³/mol. The first-order valence-corrected chi connectivity index (χ1v) is 7.30. The Morgan fingerprint density at radius 3 is 2.83 bits per heavy atom. The van der Waals surface area contributed by atoms with Gasteiger partial charge in [-0.2, -0.15) is 0 Å². The van der Waals surface area contributed by atoms with E-state index < -0.39 is 0 Å². The summed E-state index contributed by atoms with van der Waals surface area (Å²) in [6.45, 7) is 5.04. The number of anilines is 1. The van der Waals surface area contributed by atoms with Crippen LogP contribution < -0.4 is 5.32 Å². The van der Waals surface area contributed by atoms with Crippen LogP contribution >= 0.6 is 15.9 Å². The lowest BCUT2D eigenvalue weighted by molar-refractivity contribution is 0.178. The number of nitrogens with zero attached hydrogens (tertiary/aromatic N) is 2. The molecular weight excluding hydrogens is 294 g/mol. The molecule has 0 amide bonds. The highest BCUT2D eigenvalue weighted by Gasteiger charge is 2.22. The zero-order valence-corrected chi connectivity index (χ0v) is 12.4. The van der Waals surface area contributed by atoms with E-state index in [1.54, 1.807) is 0 Å². The van der Waals surface area contributed by atoms with E-state index in [2.05, 4.69) is 45.1 Å². The molecule has 0 spiro atoms. The minimum atomic E-state index is -0.111. The first-order chi connectivity index (χ1) is 8.54. The van der Waals surface area contributed by atoms with E-state index in [0.717, 1.165) is 42.1 Å². The summed E-state index contributed by atoms with van der Waals surface area (Å²) in [5.74, 6) is 2.58. The van der Waals surface area contributed by atoms with Crippen molar-refractivity contribution < 1.29 is 5.11 Å². The summed E-state index contributed by atoms with van der Waals surface area (Å²) in [5.41, 5.74) is 0. The molecule has 2 rings (SSSR count). The molecule has 0 saturated heterocycles. The van der Waals surface area contributed by atoms with Gasteiger partial charge in [0.1, 0.15) is 16.2 Å². The summed E-state index contributed by atoms with van der Waals surface area (Å²) in [4.78, 5) is 8.85. The second kappa shape index (κ2) is 5.97. The van der Waals surface area contributed by atoms with Crippen LogP contribution in [0.3, 0.4) is 0 Å². The first kappa shape index (κ1) is 13.7. The number of nitrogens with one attached hydrogen (secondary N) is 1. The van der Waals surface area contributed by atoms with E-state index in [4.69, 9.17) is 0 Å². The third-order valence-corrected chi connectivity index (χ3v) is 3.72. The van der Waals surface area contributed by atoms with Crippen LogP contribution in [0.1, 0.15) is 44.9 Å². The van der Waals surface area contributed by atoms with Gasteiger partial charge in [-0.05, 0) is 41.1 Å². The summed E-state index contributed by atoms with van der Waals surface area (Å²) < 4.78 is 0.815. The van der Waals surface area contributed by atoms with Gasteiger partial charge in [-0.1, -0.05) is 13.8 Å². The van der Waals surface area contributed by atoms with Crippen molar-refractivity contribution in [2.75, 3.05) is 11.9 Å². The Bertz CT molecular complexity index is 411. The van der Waals surface area contributed by atoms with Gasteiger partial charge in [-0.25, -0.2) is 9.97 Å². The summed E-state index contributed by atoms with van der Waals surface area (Å²) in [5, 5.41) is 12.8. The third kappa shape index (κ3) is 3.65. The van der Waals surface area contributed by atoms with Crippen LogP contribution in [0.4, 0.5) is 5.82 Å². The second-order valence-electron chi connectivity index (χ2n) is 5.30. The lowest BCUT2D eigenvalue weighted by atomic mass is 10.1. The highest BCUT2D eigenvalue weighted by Crippen LogP contribution is 2.26. The monoisotopic (exact) mass is 313 g/mol. The SMILES string of the molecule is CC(C)c1nc(Br)cc(NCC2CCC(O)C2)n1. The molecule has 2 atom stereocenters. The van der Waals surface area contributed by atoms with Gasteiger partial charge in [-0.3, -0.25) is 0 Å². The maximum Gasteiger partial charge on any atom is 0.134 e. The molecule has 0 aliphatic heterocycles. The third-order valence-electron chi connectivity index (χ3n) is 3.31. The smallest absolute Gasteiger partial charge is 0.134 e. The van der Waals surface area contributed by atoms with Crippen LogP contribution in [0.5, 0.6) is 0 Å². The summed E-state index contributed by atoms with van der Waals surface area (Å²) >= 11 is 3.41. The average molecular weight is 314 g/mol. The molecule has 1 aromatic rings. The highest BCUT2D eigenvalue weighted by molar-refractivity contribution is 9.10. The highest BCUT2D eigenvalue weighted by atomic mass is 79.9. The molecule has 1 aromatic heterocycles. The van der Waals surface area contributed by atoms with Gasteiger partial charge in [0.05, 0.1) is 6.10 Å². The van der Waals surface area contributed by atoms with Crippen LogP contribution in [-0.2, 0) is 0 Å². The fraction of sp³-hybridized carbons (Fsp3) is 0.692. The van der Waals surface area contributed by atoms with Crippen molar-refractivity contribution in [3.63, 3.8) is 0 Å². The molecule has 5 heteroatoms. The quantitative estimate of drug-likeness (QED) is 0.839. The van der Waals surface area contributed by atoms with Gasteiger partial charge >= 0.3 is 0 Å². The predicted octanol–water partition coefficient (Wildman–Crippen LogP) is 2.94. The minimum Gasteiger partial charge on any atom is -0.393 e. The van der Waals surface area contributed by atoms with Crippen molar-refractivity contribution in [3.05, 3.63) is 16.5 Å². The Balaban J connectivity index is 1.96. The Labute approximate surface area is 116 Å². The first-order valence-electron chi connectivity index (χ1n) is 6.51. The molecule has 4 nitrogen and oxygen atoms in total. The molecule has 18 heavy (non-hydrogen) atoms. The summed E-state index contributed by atoms with van der Waals surface area (Å²) in [6.07, 6.45) is 2.81. The number of hydrogen-bond donors (Lipinski definition) is 2. The van der Waals surface area contributed by atoms with E-state index >= 15 is 0 Å². The average Bonchev–Trinajstić information content (AvgIpc) is 2.72.